The second-order valence-electron chi connectivity index (χ2n) is 6.61. The number of anilines is 2. The molecule has 0 saturated heterocycles. The highest BCUT2D eigenvalue weighted by molar-refractivity contribution is 7.06. The molecule has 0 aliphatic carbocycles. The van der Waals surface area contributed by atoms with Crippen LogP contribution in [0.1, 0.15) is 16.0 Å². The Morgan fingerprint density at radius 2 is 1.91 bits per heavy atom. The first kappa shape index (κ1) is 21.6. The minimum absolute atomic E-state index is 0.0155. The number of urea groups is 1. The molecule has 1 aliphatic heterocycles. The van der Waals surface area contributed by atoms with Gasteiger partial charge < -0.3 is 15.5 Å². The van der Waals surface area contributed by atoms with Crippen LogP contribution >= 0.6 is 11.5 Å². The summed E-state index contributed by atoms with van der Waals surface area (Å²) in [6.07, 6.45) is 0.393. The van der Waals surface area contributed by atoms with Gasteiger partial charge in [-0.3, -0.25) is 0 Å². The Kier molecular flexibility index (Phi) is 5.70. The monoisotopic (exact) mass is 468 g/mol. The number of hydrogen-bond acceptors (Lipinski definition) is 5. The van der Waals surface area contributed by atoms with Crippen molar-refractivity contribution in [1.82, 2.24) is 9.44 Å². The van der Waals surface area contributed by atoms with E-state index < -0.39 is 35.1 Å². The van der Waals surface area contributed by atoms with Crippen LogP contribution in [0.4, 0.5) is 38.1 Å². The summed E-state index contributed by atoms with van der Waals surface area (Å²) >= 11 is 1.33. The predicted molar refractivity (Wildman–Crippen MR) is 108 cm³/mol. The van der Waals surface area contributed by atoms with Crippen LogP contribution in [0.25, 0.3) is 6.08 Å². The molecule has 6 nitrogen and oxygen atoms in total. The average Bonchev–Trinajstić information content (AvgIpc) is 3.19. The van der Waals surface area contributed by atoms with E-state index in [2.05, 4.69) is 9.69 Å². The molecule has 2 heterocycles. The number of hydroxylamine groups is 2. The summed E-state index contributed by atoms with van der Waals surface area (Å²) < 4.78 is 70.6. The van der Waals surface area contributed by atoms with Gasteiger partial charge in [-0.2, -0.15) is 13.2 Å². The molecule has 166 valence electrons. The van der Waals surface area contributed by atoms with Crippen molar-refractivity contribution < 1.29 is 31.6 Å². The highest BCUT2D eigenvalue weighted by Gasteiger charge is 2.31. The van der Waals surface area contributed by atoms with Gasteiger partial charge in [0.05, 0.1) is 22.7 Å². The normalized spacial score (nSPS) is 13.0. The fourth-order valence-corrected chi connectivity index (χ4v) is 3.47. The highest BCUT2D eigenvalue weighted by Crippen LogP contribution is 2.32. The molecule has 0 fully saturated rings. The van der Waals surface area contributed by atoms with Gasteiger partial charge in [-0.25, -0.2) is 23.0 Å². The van der Waals surface area contributed by atoms with Gasteiger partial charge in [-0.15, -0.1) is 0 Å². The number of nitrogens with one attached hydrogen (secondary N) is 2. The first-order valence-electron chi connectivity index (χ1n) is 9.00. The summed E-state index contributed by atoms with van der Waals surface area (Å²) in [5, 5.41) is 5.61. The standard InChI is InChI=1S/C20H13F5N4O2S/c21-14-3-1-12(20(23,24)25)7-16(14)28-19(30)27-13-2-4-17(15(22)8-13)31-29-6-5-18-11(10-29)9-26-32-18/h1-9H,10H2,(H2,27,28,30). The van der Waals surface area contributed by atoms with Crippen molar-refractivity contribution in [2.24, 2.45) is 0 Å². The number of halogens is 5. The molecule has 0 bridgehead atoms. The van der Waals surface area contributed by atoms with Gasteiger partial charge in [0.25, 0.3) is 0 Å². The third-order valence-electron chi connectivity index (χ3n) is 4.34. The summed E-state index contributed by atoms with van der Waals surface area (Å²) in [5.74, 6) is -1.96. The minimum atomic E-state index is -4.70. The molecule has 32 heavy (non-hydrogen) atoms. The Hall–Kier alpha value is -3.67. The topological polar surface area (TPSA) is 66.5 Å². The molecule has 0 spiro atoms. The number of nitrogens with zero attached hydrogens (tertiary/aromatic N) is 2. The van der Waals surface area contributed by atoms with E-state index in [1.165, 1.54) is 28.7 Å². The van der Waals surface area contributed by atoms with E-state index in [4.69, 9.17) is 4.84 Å². The maximum atomic E-state index is 14.4. The summed E-state index contributed by atoms with van der Waals surface area (Å²) in [4.78, 5) is 18.5. The maximum Gasteiger partial charge on any atom is 0.416 e. The van der Waals surface area contributed by atoms with Crippen molar-refractivity contribution in [3.63, 3.8) is 0 Å². The van der Waals surface area contributed by atoms with Crippen LogP contribution in [0.5, 0.6) is 5.75 Å². The smallest absolute Gasteiger partial charge is 0.377 e. The fraction of sp³-hybridized carbons (Fsp3) is 0.100. The van der Waals surface area contributed by atoms with Crippen LogP contribution in [0.3, 0.4) is 0 Å². The van der Waals surface area contributed by atoms with Gasteiger partial charge in [-0.05, 0) is 47.9 Å². The molecule has 1 aliphatic rings. The number of carbonyl (C=O) groups excluding carboxylic acids is 1. The lowest BCUT2D eigenvalue weighted by atomic mass is 10.2. The van der Waals surface area contributed by atoms with Crippen LogP contribution in [0.15, 0.2) is 48.8 Å². The lowest BCUT2D eigenvalue weighted by Gasteiger charge is -2.23. The fourth-order valence-electron chi connectivity index (χ4n) is 2.82. The molecule has 2 amide bonds. The molecule has 3 aromatic rings. The Labute approximate surface area is 182 Å². The molecular weight excluding hydrogens is 455 g/mol. The molecule has 2 N–H and O–H groups in total. The van der Waals surface area contributed by atoms with Gasteiger partial charge in [0.15, 0.2) is 11.6 Å². The zero-order valence-corrected chi connectivity index (χ0v) is 16.7. The third kappa shape index (κ3) is 4.80. The Balaban J connectivity index is 1.40. The number of fused-ring (bicyclic) bond motifs is 1. The Morgan fingerprint density at radius 1 is 1.09 bits per heavy atom. The van der Waals surface area contributed by atoms with Crippen molar-refractivity contribution in [2.45, 2.75) is 12.7 Å². The van der Waals surface area contributed by atoms with Crippen LogP contribution in [-0.4, -0.2) is 15.5 Å². The Bertz CT molecular complexity index is 1190. The van der Waals surface area contributed by atoms with Crippen LogP contribution in [-0.2, 0) is 12.7 Å². The molecule has 2 aromatic carbocycles. The number of alkyl halides is 3. The zero-order chi connectivity index (χ0) is 22.9. The Morgan fingerprint density at radius 3 is 2.66 bits per heavy atom. The number of aromatic nitrogens is 1. The van der Waals surface area contributed by atoms with Gasteiger partial charge in [-0.1, -0.05) is 0 Å². The second-order valence-corrected chi connectivity index (χ2v) is 7.45. The second kappa shape index (κ2) is 8.46. The van der Waals surface area contributed by atoms with Crippen molar-refractivity contribution in [1.29, 1.82) is 0 Å². The highest BCUT2D eigenvalue weighted by atomic mass is 32.1. The van der Waals surface area contributed by atoms with Gasteiger partial charge >= 0.3 is 12.2 Å². The predicted octanol–water partition coefficient (Wildman–Crippen LogP) is 5.86. The molecule has 12 heteroatoms. The summed E-state index contributed by atoms with van der Waals surface area (Å²) in [6, 6.07) is 4.12. The number of amides is 2. The van der Waals surface area contributed by atoms with E-state index in [-0.39, 0.29) is 11.4 Å². The number of hydrogen-bond donors (Lipinski definition) is 2. The summed E-state index contributed by atoms with van der Waals surface area (Å²) in [7, 11) is 0. The average molecular weight is 468 g/mol. The van der Waals surface area contributed by atoms with E-state index >= 15 is 0 Å². The lowest BCUT2D eigenvalue weighted by Crippen LogP contribution is -2.23. The number of carbonyl (C=O) groups is 1. The van der Waals surface area contributed by atoms with E-state index in [0.717, 1.165) is 16.5 Å². The molecule has 4 rings (SSSR count). The SMILES string of the molecule is O=C(Nc1ccc(ON2C=Cc3sncc3C2)c(F)c1)Nc1cc(C(F)(F)F)ccc1F. The first-order chi connectivity index (χ1) is 15.2. The van der Waals surface area contributed by atoms with E-state index in [0.29, 0.717) is 24.7 Å². The lowest BCUT2D eigenvalue weighted by molar-refractivity contribution is -0.137. The quantitative estimate of drug-likeness (QED) is 0.471. The molecule has 1 aromatic heterocycles. The molecule has 0 saturated carbocycles. The zero-order valence-electron chi connectivity index (χ0n) is 15.9. The molecule has 0 radical (unpaired) electrons. The summed E-state index contributed by atoms with van der Waals surface area (Å²) in [5.41, 5.74) is -0.885. The van der Waals surface area contributed by atoms with E-state index in [1.54, 1.807) is 18.5 Å². The van der Waals surface area contributed by atoms with Crippen LogP contribution < -0.4 is 15.5 Å². The van der Waals surface area contributed by atoms with Crippen LogP contribution in [0.2, 0.25) is 0 Å². The molecule has 0 atom stereocenters. The summed E-state index contributed by atoms with van der Waals surface area (Å²) in [6.45, 7) is 0.368. The molecular formula is C20H13F5N4O2S. The number of rotatable bonds is 4. The van der Waals surface area contributed by atoms with Crippen molar-refractivity contribution in [3.05, 3.63) is 76.4 Å². The van der Waals surface area contributed by atoms with Gasteiger partial charge in [0, 0.05) is 29.7 Å². The van der Waals surface area contributed by atoms with Crippen molar-refractivity contribution in [2.75, 3.05) is 10.6 Å². The minimum Gasteiger partial charge on any atom is -0.377 e. The first-order valence-corrected chi connectivity index (χ1v) is 9.77. The molecule has 0 unspecified atom stereocenters. The van der Waals surface area contributed by atoms with Crippen LogP contribution in [0, 0.1) is 11.6 Å². The van der Waals surface area contributed by atoms with Gasteiger partial charge in [0.2, 0.25) is 0 Å². The number of benzene rings is 2. The van der Waals surface area contributed by atoms with Crippen molar-refractivity contribution in [3.8, 4) is 5.75 Å². The largest absolute Gasteiger partial charge is 0.416 e. The third-order valence-corrected chi connectivity index (χ3v) is 5.15. The van der Waals surface area contributed by atoms with Gasteiger partial charge in [0.1, 0.15) is 5.82 Å². The van der Waals surface area contributed by atoms with E-state index in [1.807, 2.05) is 5.32 Å². The maximum absolute atomic E-state index is 14.4. The van der Waals surface area contributed by atoms with Crippen molar-refractivity contribution >= 4 is 35.0 Å². The van der Waals surface area contributed by atoms with E-state index in [9.17, 15) is 26.7 Å².